The van der Waals surface area contributed by atoms with Crippen molar-refractivity contribution in [2.45, 2.75) is 44.6 Å². The lowest BCUT2D eigenvalue weighted by Crippen LogP contribution is -2.47. The minimum absolute atomic E-state index is 0.681. The fourth-order valence-electron chi connectivity index (χ4n) is 5.40. The van der Waals surface area contributed by atoms with Gasteiger partial charge in [0.2, 0.25) is 0 Å². The molecule has 1 saturated carbocycles. The number of hydrogen-bond donors (Lipinski definition) is 1. The van der Waals surface area contributed by atoms with Gasteiger partial charge in [0.15, 0.2) is 0 Å². The van der Waals surface area contributed by atoms with Gasteiger partial charge in [-0.3, -0.25) is 4.90 Å². The standard InChI is InChI=1S/C19H24N2/c1-2-6-14-13(5-1)9-11-21-12-10-16-15-7-3-4-8-17(15)20-18(16)19(14)21/h3-4,7-8,13-14,19-20H,1-2,5-6,9-12H2/t13-,14+,19-/m0/s1. The van der Waals surface area contributed by atoms with Gasteiger partial charge in [0.25, 0.3) is 0 Å². The summed E-state index contributed by atoms with van der Waals surface area (Å²) in [7, 11) is 0. The van der Waals surface area contributed by atoms with E-state index >= 15 is 0 Å². The van der Waals surface area contributed by atoms with E-state index < -0.39 is 0 Å². The zero-order valence-corrected chi connectivity index (χ0v) is 12.6. The van der Waals surface area contributed by atoms with Gasteiger partial charge in [-0.05, 0) is 49.3 Å². The van der Waals surface area contributed by atoms with Gasteiger partial charge < -0.3 is 4.98 Å². The molecule has 3 atom stereocenters. The molecule has 1 aromatic carbocycles. The van der Waals surface area contributed by atoms with Crippen LogP contribution in [0.5, 0.6) is 0 Å². The maximum absolute atomic E-state index is 3.81. The molecule has 0 unspecified atom stereocenters. The highest BCUT2D eigenvalue weighted by Gasteiger charge is 2.43. The summed E-state index contributed by atoms with van der Waals surface area (Å²) in [5.74, 6) is 1.89. The van der Waals surface area contributed by atoms with Crippen LogP contribution in [-0.4, -0.2) is 23.0 Å². The Morgan fingerprint density at radius 1 is 1.00 bits per heavy atom. The molecular weight excluding hydrogens is 256 g/mol. The van der Waals surface area contributed by atoms with E-state index in [0.717, 1.165) is 11.8 Å². The Hall–Kier alpha value is -1.28. The summed E-state index contributed by atoms with van der Waals surface area (Å²) in [6.07, 6.45) is 8.50. The van der Waals surface area contributed by atoms with Crippen LogP contribution in [0.4, 0.5) is 0 Å². The quantitative estimate of drug-likeness (QED) is 0.763. The fourth-order valence-corrected chi connectivity index (χ4v) is 5.40. The van der Waals surface area contributed by atoms with Gasteiger partial charge in [-0.25, -0.2) is 0 Å². The van der Waals surface area contributed by atoms with Gasteiger partial charge in [0, 0.05) is 23.1 Å². The zero-order chi connectivity index (χ0) is 13.8. The molecule has 3 heterocycles. The third-order valence-corrected chi connectivity index (χ3v) is 6.35. The van der Waals surface area contributed by atoms with Gasteiger partial charge in [0.05, 0.1) is 6.04 Å². The van der Waals surface area contributed by atoms with Crippen molar-refractivity contribution in [3.05, 3.63) is 35.5 Å². The topological polar surface area (TPSA) is 19.0 Å². The fraction of sp³-hybridized carbons (Fsp3) is 0.579. The summed E-state index contributed by atoms with van der Waals surface area (Å²) in [6.45, 7) is 2.59. The maximum Gasteiger partial charge on any atom is 0.0532 e. The van der Waals surface area contributed by atoms with Crippen LogP contribution in [0.25, 0.3) is 10.9 Å². The van der Waals surface area contributed by atoms with E-state index in [1.54, 1.807) is 11.3 Å². The molecule has 3 aliphatic rings. The number of nitrogens with zero attached hydrogens (tertiary/aromatic N) is 1. The second kappa shape index (κ2) is 4.61. The third kappa shape index (κ3) is 1.75. The van der Waals surface area contributed by atoms with Crippen molar-refractivity contribution in [3.8, 4) is 0 Å². The predicted molar refractivity (Wildman–Crippen MR) is 86.4 cm³/mol. The average molecular weight is 280 g/mol. The number of piperidine rings is 1. The minimum atomic E-state index is 0.681. The van der Waals surface area contributed by atoms with Crippen molar-refractivity contribution in [3.63, 3.8) is 0 Å². The third-order valence-electron chi connectivity index (χ3n) is 6.35. The molecule has 21 heavy (non-hydrogen) atoms. The van der Waals surface area contributed by atoms with Gasteiger partial charge in [-0.1, -0.05) is 37.5 Å². The Labute approximate surface area is 126 Å². The predicted octanol–water partition coefficient (Wildman–Crippen LogP) is 4.28. The largest absolute Gasteiger partial charge is 0.357 e. The molecule has 110 valence electrons. The molecule has 2 heteroatoms. The summed E-state index contributed by atoms with van der Waals surface area (Å²) >= 11 is 0. The molecular formula is C19H24N2. The van der Waals surface area contributed by atoms with E-state index in [1.807, 2.05) is 0 Å². The Kier molecular flexibility index (Phi) is 2.69. The second-order valence-electron chi connectivity index (χ2n) is 7.29. The van der Waals surface area contributed by atoms with E-state index in [9.17, 15) is 0 Å². The molecule has 2 aliphatic heterocycles. The Balaban J connectivity index is 1.65. The number of para-hydroxylation sites is 1. The van der Waals surface area contributed by atoms with Crippen molar-refractivity contribution < 1.29 is 0 Å². The summed E-state index contributed by atoms with van der Waals surface area (Å²) in [5.41, 5.74) is 4.54. The SMILES string of the molecule is c1ccc2c3c([nH]c2c1)[C@@H]1[C@@H]2CCCC[C@H]2CCN1CC3. The van der Waals surface area contributed by atoms with Crippen molar-refractivity contribution in [2.75, 3.05) is 13.1 Å². The van der Waals surface area contributed by atoms with Crippen molar-refractivity contribution in [2.24, 2.45) is 11.8 Å². The van der Waals surface area contributed by atoms with Crippen LogP contribution in [-0.2, 0) is 6.42 Å². The van der Waals surface area contributed by atoms with Crippen LogP contribution >= 0.6 is 0 Å². The smallest absolute Gasteiger partial charge is 0.0532 e. The summed E-state index contributed by atoms with van der Waals surface area (Å²) < 4.78 is 0. The van der Waals surface area contributed by atoms with E-state index in [1.165, 1.54) is 62.5 Å². The summed E-state index contributed by atoms with van der Waals surface area (Å²) in [4.78, 5) is 6.59. The molecule has 1 saturated heterocycles. The first-order valence-corrected chi connectivity index (χ1v) is 8.75. The Morgan fingerprint density at radius 3 is 2.90 bits per heavy atom. The number of hydrogen-bond acceptors (Lipinski definition) is 1. The first kappa shape index (κ1) is 12.3. The molecule has 2 aromatic rings. The van der Waals surface area contributed by atoms with Gasteiger partial charge >= 0.3 is 0 Å². The normalized spacial score (nSPS) is 32.5. The summed E-state index contributed by atoms with van der Waals surface area (Å²) in [5, 5.41) is 1.48. The zero-order valence-electron chi connectivity index (χ0n) is 12.6. The Bertz CT molecular complexity index is 671. The number of benzene rings is 1. The highest BCUT2D eigenvalue weighted by atomic mass is 15.2. The highest BCUT2D eigenvalue weighted by Crippen LogP contribution is 2.49. The highest BCUT2D eigenvalue weighted by molar-refractivity contribution is 5.85. The monoisotopic (exact) mass is 280 g/mol. The van der Waals surface area contributed by atoms with Crippen LogP contribution in [0.2, 0.25) is 0 Å². The number of aromatic nitrogens is 1. The molecule has 1 N–H and O–H groups in total. The lowest BCUT2D eigenvalue weighted by molar-refractivity contribution is 0.0146. The number of fused-ring (bicyclic) bond motifs is 7. The lowest BCUT2D eigenvalue weighted by Gasteiger charge is -2.49. The van der Waals surface area contributed by atoms with Crippen LogP contribution in [0.1, 0.15) is 49.4 Å². The maximum atomic E-state index is 3.81. The number of nitrogens with one attached hydrogen (secondary N) is 1. The van der Waals surface area contributed by atoms with Gasteiger partial charge in [-0.15, -0.1) is 0 Å². The number of H-pyrrole nitrogens is 1. The molecule has 1 aromatic heterocycles. The molecule has 0 radical (unpaired) electrons. The van der Waals surface area contributed by atoms with E-state index in [0.29, 0.717) is 6.04 Å². The number of rotatable bonds is 0. The molecule has 2 fully saturated rings. The van der Waals surface area contributed by atoms with Crippen LogP contribution in [0.3, 0.4) is 0 Å². The van der Waals surface area contributed by atoms with E-state index in [-0.39, 0.29) is 0 Å². The van der Waals surface area contributed by atoms with Crippen LogP contribution < -0.4 is 0 Å². The average Bonchev–Trinajstić information content (AvgIpc) is 2.93. The van der Waals surface area contributed by atoms with Crippen LogP contribution in [0.15, 0.2) is 24.3 Å². The number of aromatic amines is 1. The molecule has 1 aliphatic carbocycles. The first-order valence-electron chi connectivity index (χ1n) is 8.75. The van der Waals surface area contributed by atoms with Crippen LogP contribution in [0, 0.1) is 11.8 Å². The van der Waals surface area contributed by atoms with Crippen molar-refractivity contribution in [1.29, 1.82) is 0 Å². The first-order chi connectivity index (χ1) is 10.4. The summed E-state index contributed by atoms with van der Waals surface area (Å²) in [6, 6.07) is 9.58. The molecule has 0 spiro atoms. The lowest BCUT2D eigenvalue weighted by atomic mass is 9.69. The van der Waals surface area contributed by atoms with E-state index in [2.05, 4.69) is 34.1 Å². The Morgan fingerprint density at radius 2 is 1.90 bits per heavy atom. The van der Waals surface area contributed by atoms with Crippen molar-refractivity contribution >= 4 is 10.9 Å². The molecule has 0 amide bonds. The van der Waals surface area contributed by atoms with Crippen molar-refractivity contribution in [1.82, 2.24) is 9.88 Å². The molecule has 5 rings (SSSR count). The molecule has 2 nitrogen and oxygen atoms in total. The van der Waals surface area contributed by atoms with Gasteiger partial charge in [-0.2, -0.15) is 0 Å². The minimum Gasteiger partial charge on any atom is -0.357 e. The molecule has 0 bridgehead atoms. The van der Waals surface area contributed by atoms with Gasteiger partial charge in [0.1, 0.15) is 0 Å². The second-order valence-corrected chi connectivity index (χ2v) is 7.29. The van der Waals surface area contributed by atoms with E-state index in [4.69, 9.17) is 0 Å².